The first kappa shape index (κ1) is 9.03. The van der Waals surface area contributed by atoms with Gasteiger partial charge in [0.05, 0.1) is 5.52 Å². The monoisotopic (exact) mass is 215 g/mol. The molecule has 2 heterocycles. The third kappa shape index (κ3) is 1.01. The van der Waals surface area contributed by atoms with Crippen LogP contribution in [0.4, 0.5) is 0 Å². The SMILES string of the molecule is Cn1c(C(=O)O)cc2oc3ccccc3c21. The Morgan fingerprint density at radius 1 is 1.31 bits per heavy atom. The lowest BCUT2D eigenvalue weighted by Crippen LogP contribution is -2.03. The zero-order chi connectivity index (χ0) is 11.3. The minimum absolute atomic E-state index is 0.236. The molecule has 3 rings (SSSR count). The number of aryl methyl sites for hydroxylation is 1. The van der Waals surface area contributed by atoms with Crippen molar-refractivity contribution in [2.45, 2.75) is 0 Å². The van der Waals surface area contributed by atoms with Crippen molar-refractivity contribution in [3.8, 4) is 0 Å². The first-order valence-electron chi connectivity index (χ1n) is 4.89. The highest BCUT2D eigenvalue weighted by Gasteiger charge is 2.17. The number of carboxylic acids is 1. The van der Waals surface area contributed by atoms with Crippen molar-refractivity contribution in [3.05, 3.63) is 36.0 Å². The molecule has 80 valence electrons. The Morgan fingerprint density at radius 2 is 2.06 bits per heavy atom. The molecule has 2 aromatic heterocycles. The molecule has 0 spiro atoms. The molecular formula is C12H9NO3. The van der Waals surface area contributed by atoms with E-state index in [-0.39, 0.29) is 5.69 Å². The first-order valence-corrected chi connectivity index (χ1v) is 4.89. The molecule has 0 atom stereocenters. The third-order valence-electron chi connectivity index (χ3n) is 2.78. The summed E-state index contributed by atoms with van der Waals surface area (Å²) in [5.41, 5.74) is 2.45. The number of hydrogen-bond donors (Lipinski definition) is 1. The molecule has 0 radical (unpaired) electrons. The molecule has 4 heteroatoms. The van der Waals surface area contributed by atoms with Crippen molar-refractivity contribution in [1.29, 1.82) is 0 Å². The fourth-order valence-corrected chi connectivity index (χ4v) is 2.04. The molecule has 4 nitrogen and oxygen atoms in total. The fraction of sp³-hybridized carbons (Fsp3) is 0.0833. The van der Waals surface area contributed by atoms with Crippen LogP contribution in [0, 0.1) is 0 Å². The van der Waals surface area contributed by atoms with E-state index in [1.165, 1.54) is 0 Å². The van der Waals surface area contributed by atoms with Crippen LogP contribution in [0.2, 0.25) is 0 Å². The van der Waals surface area contributed by atoms with Gasteiger partial charge in [-0.25, -0.2) is 4.79 Å². The van der Waals surface area contributed by atoms with Crippen molar-refractivity contribution in [2.75, 3.05) is 0 Å². The summed E-state index contributed by atoms with van der Waals surface area (Å²) in [7, 11) is 1.73. The van der Waals surface area contributed by atoms with Crippen molar-refractivity contribution >= 4 is 28.0 Å². The van der Waals surface area contributed by atoms with Crippen LogP contribution in [-0.2, 0) is 7.05 Å². The largest absolute Gasteiger partial charge is 0.477 e. The number of aromatic carboxylic acids is 1. The Morgan fingerprint density at radius 3 is 2.81 bits per heavy atom. The van der Waals surface area contributed by atoms with E-state index < -0.39 is 5.97 Å². The summed E-state index contributed by atoms with van der Waals surface area (Å²) in [5, 5.41) is 9.93. The molecule has 1 N–H and O–H groups in total. The number of carboxylic acid groups (broad SMARTS) is 1. The lowest BCUT2D eigenvalue weighted by molar-refractivity contribution is 0.0687. The number of para-hydroxylation sites is 1. The van der Waals surface area contributed by atoms with Crippen molar-refractivity contribution in [3.63, 3.8) is 0 Å². The number of nitrogens with zero attached hydrogens (tertiary/aromatic N) is 1. The maximum atomic E-state index is 11.0. The van der Waals surface area contributed by atoms with Gasteiger partial charge in [0.1, 0.15) is 11.3 Å². The van der Waals surface area contributed by atoms with Crippen LogP contribution in [0.5, 0.6) is 0 Å². The zero-order valence-corrected chi connectivity index (χ0v) is 8.60. The van der Waals surface area contributed by atoms with E-state index in [9.17, 15) is 4.79 Å². The van der Waals surface area contributed by atoms with Gasteiger partial charge in [0, 0.05) is 18.5 Å². The van der Waals surface area contributed by atoms with Gasteiger partial charge in [-0.05, 0) is 12.1 Å². The topological polar surface area (TPSA) is 55.4 Å². The maximum absolute atomic E-state index is 11.0. The summed E-state index contributed by atoms with van der Waals surface area (Å²) in [5.74, 6) is -0.946. The van der Waals surface area contributed by atoms with Gasteiger partial charge in [-0.15, -0.1) is 0 Å². The first-order chi connectivity index (χ1) is 7.68. The van der Waals surface area contributed by atoms with Crippen LogP contribution in [0.3, 0.4) is 0 Å². The van der Waals surface area contributed by atoms with E-state index in [0.717, 1.165) is 16.5 Å². The standard InChI is InChI=1S/C12H9NO3/c1-13-8(12(14)15)6-10-11(13)7-4-2-3-5-9(7)16-10/h2-6H,1H3,(H,14,15). The molecule has 0 fully saturated rings. The van der Waals surface area contributed by atoms with E-state index in [4.69, 9.17) is 9.52 Å². The summed E-state index contributed by atoms with van der Waals surface area (Å²) in [6.45, 7) is 0. The molecule has 0 unspecified atom stereocenters. The van der Waals surface area contributed by atoms with E-state index in [1.807, 2.05) is 24.3 Å². The number of aromatic nitrogens is 1. The molecule has 0 bridgehead atoms. The third-order valence-corrected chi connectivity index (χ3v) is 2.78. The van der Waals surface area contributed by atoms with Gasteiger partial charge in [0.15, 0.2) is 5.58 Å². The normalized spacial score (nSPS) is 11.3. The van der Waals surface area contributed by atoms with Gasteiger partial charge in [-0.1, -0.05) is 12.1 Å². The number of carbonyl (C=O) groups is 1. The smallest absolute Gasteiger partial charge is 0.352 e. The summed E-state index contributed by atoms with van der Waals surface area (Å²) in [6, 6.07) is 9.15. The lowest BCUT2D eigenvalue weighted by atomic mass is 10.2. The molecule has 0 aliphatic carbocycles. The second kappa shape index (κ2) is 2.88. The van der Waals surface area contributed by atoms with Gasteiger partial charge < -0.3 is 14.1 Å². The van der Waals surface area contributed by atoms with Crippen LogP contribution in [0.1, 0.15) is 10.5 Å². The number of rotatable bonds is 1. The molecule has 0 aliphatic rings. The number of furan rings is 1. The number of benzene rings is 1. The molecular weight excluding hydrogens is 206 g/mol. The van der Waals surface area contributed by atoms with Gasteiger partial charge in [-0.2, -0.15) is 0 Å². The van der Waals surface area contributed by atoms with Gasteiger partial charge in [0.2, 0.25) is 0 Å². The van der Waals surface area contributed by atoms with Crippen molar-refractivity contribution in [2.24, 2.45) is 7.05 Å². The van der Waals surface area contributed by atoms with E-state index in [1.54, 1.807) is 17.7 Å². The van der Waals surface area contributed by atoms with Crippen LogP contribution in [0.25, 0.3) is 22.1 Å². The quantitative estimate of drug-likeness (QED) is 0.678. The Kier molecular flexibility index (Phi) is 1.63. The van der Waals surface area contributed by atoms with Crippen LogP contribution >= 0.6 is 0 Å². The minimum atomic E-state index is -0.946. The summed E-state index contributed by atoms with van der Waals surface area (Å²) in [4.78, 5) is 11.0. The predicted octanol–water partition coefficient (Wildman–Crippen LogP) is 2.62. The molecule has 0 saturated heterocycles. The van der Waals surface area contributed by atoms with Gasteiger partial charge >= 0.3 is 5.97 Å². The summed E-state index contributed by atoms with van der Waals surface area (Å²) < 4.78 is 7.22. The maximum Gasteiger partial charge on any atom is 0.352 e. The molecule has 3 aromatic rings. The predicted molar refractivity (Wildman–Crippen MR) is 59.7 cm³/mol. The Hall–Kier alpha value is -2.23. The average Bonchev–Trinajstić information content (AvgIpc) is 2.75. The summed E-state index contributed by atoms with van der Waals surface area (Å²) >= 11 is 0. The highest BCUT2D eigenvalue weighted by molar-refractivity contribution is 6.06. The zero-order valence-electron chi connectivity index (χ0n) is 8.60. The minimum Gasteiger partial charge on any atom is -0.477 e. The van der Waals surface area contributed by atoms with Gasteiger partial charge in [-0.3, -0.25) is 0 Å². The molecule has 0 amide bonds. The molecule has 0 saturated carbocycles. The number of hydrogen-bond acceptors (Lipinski definition) is 2. The van der Waals surface area contributed by atoms with E-state index in [0.29, 0.717) is 5.58 Å². The Balaban J connectivity index is 2.50. The highest BCUT2D eigenvalue weighted by Crippen LogP contribution is 2.30. The van der Waals surface area contributed by atoms with Crippen molar-refractivity contribution in [1.82, 2.24) is 4.57 Å². The summed E-state index contributed by atoms with van der Waals surface area (Å²) in [6.07, 6.45) is 0. The van der Waals surface area contributed by atoms with Crippen molar-refractivity contribution < 1.29 is 14.3 Å². The number of fused-ring (bicyclic) bond motifs is 3. The average molecular weight is 215 g/mol. The Labute approximate surface area is 90.7 Å². The molecule has 1 aromatic carbocycles. The van der Waals surface area contributed by atoms with Crippen LogP contribution < -0.4 is 0 Å². The highest BCUT2D eigenvalue weighted by atomic mass is 16.4. The van der Waals surface area contributed by atoms with E-state index >= 15 is 0 Å². The Bertz CT molecular complexity index is 706. The molecule has 16 heavy (non-hydrogen) atoms. The fourth-order valence-electron chi connectivity index (χ4n) is 2.04. The van der Waals surface area contributed by atoms with Crippen LogP contribution in [0.15, 0.2) is 34.7 Å². The lowest BCUT2D eigenvalue weighted by Gasteiger charge is -1.97. The molecule has 0 aliphatic heterocycles. The van der Waals surface area contributed by atoms with E-state index in [2.05, 4.69) is 0 Å². The second-order valence-electron chi connectivity index (χ2n) is 3.70. The van der Waals surface area contributed by atoms with Crippen LogP contribution in [-0.4, -0.2) is 15.6 Å². The second-order valence-corrected chi connectivity index (χ2v) is 3.70. The van der Waals surface area contributed by atoms with Gasteiger partial charge in [0.25, 0.3) is 0 Å².